The van der Waals surface area contributed by atoms with Crippen molar-refractivity contribution in [1.82, 2.24) is 15.0 Å². The lowest BCUT2D eigenvalue weighted by Gasteiger charge is -1.96. The Morgan fingerprint density at radius 1 is 1.25 bits per heavy atom. The van der Waals surface area contributed by atoms with Crippen molar-refractivity contribution >= 4 is 54.1 Å². The standard InChI is InChI=1S/C12H8IN3O2S2/c1-20(17,18)12-9-10(14-6-15-12)16-11(19-9)7-3-2-4-8(13)5-7/h2-6H,1H3. The largest absolute Gasteiger partial charge is 0.223 e. The number of hydrogen-bond donors (Lipinski definition) is 0. The van der Waals surface area contributed by atoms with Crippen molar-refractivity contribution in [2.45, 2.75) is 5.03 Å². The van der Waals surface area contributed by atoms with Crippen LogP contribution in [0.5, 0.6) is 0 Å². The Hall–Kier alpha value is -1.13. The van der Waals surface area contributed by atoms with Gasteiger partial charge in [0.25, 0.3) is 0 Å². The first kappa shape index (κ1) is 13.8. The van der Waals surface area contributed by atoms with E-state index in [0.717, 1.165) is 20.4 Å². The minimum Gasteiger partial charge on any atom is -0.223 e. The van der Waals surface area contributed by atoms with Gasteiger partial charge in [0.1, 0.15) is 16.0 Å². The monoisotopic (exact) mass is 417 g/mol. The third-order valence-electron chi connectivity index (χ3n) is 2.58. The van der Waals surface area contributed by atoms with E-state index in [9.17, 15) is 8.42 Å². The van der Waals surface area contributed by atoms with Gasteiger partial charge in [0.15, 0.2) is 20.5 Å². The summed E-state index contributed by atoms with van der Waals surface area (Å²) in [5.41, 5.74) is 1.36. The molecule has 8 heteroatoms. The van der Waals surface area contributed by atoms with Gasteiger partial charge in [-0.25, -0.2) is 23.4 Å². The van der Waals surface area contributed by atoms with E-state index in [1.165, 1.54) is 17.7 Å². The van der Waals surface area contributed by atoms with Crippen LogP contribution in [0, 0.1) is 3.57 Å². The molecule has 2 aromatic heterocycles. The molecule has 0 saturated carbocycles. The van der Waals surface area contributed by atoms with E-state index < -0.39 is 9.84 Å². The van der Waals surface area contributed by atoms with Crippen molar-refractivity contribution in [3.63, 3.8) is 0 Å². The van der Waals surface area contributed by atoms with Crippen LogP contribution in [0.4, 0.5) is 0 Å². The molecular formula is C12H8IN3O2S2. The maximum atomic E-state index is 11.7. The summed E-state index contributed by atoms with van der Waals surface area (Å²) in [6.07, 6.45) is 2.37. The van der Waals surface area contributed by atoms with Crippen LogP contribution in [-0.2, 0) is 9.84 Å². The summed E-state index contributed by atoms with van der Waals surface area (Å²) in [5, 5.41) is 0.779. The molecule has 0 saturated heterocycles. The van der Waals surface area contributed by atoms with Gasteiger partial charge in [-0.05, 0) is 34.7 Å². The number of nitrogens with zero attached hydrogens (tertiary/aromatic N) is 3. The van der Waals surface area contributed by atoms with Crippen molar-refractivity contribution in [1.29, 1.82) is 0 Å². The lowest BCUT2D eigenvalue weighted by molar-refractivity contribution is 0.599. The van der Waals surface area contributed by atoms with Crippen LogP contribution in [0.2, 0.25) is 0 Å². The van der Waals surface area contributed by atoms with Gasteiger partial charge in [0.05, 0.1) is 0 Å². The molecule has 5 nitrogen and oxygen atoms in total. The maximum absolute atomic E-state index is 11.7. The van der Waals surface area contributed by atoms with E-state index in [0.29, 0.717) is 10.3 Å². The highest BCUT2D eigenvalue weighted by Crippen LogP contribution is 2.32. The van der Waals surface area contributed by atoms with Crippen molar-refractivity contribution in [2.24, 2.45) is 0 Å². The highest BCUT2D eigenvalue weighted by Gasteiger charge is 2.18. The van der Waals surface area contributed by atoms with Gasteiger partial charge in [0, 0.05) is 15.4 Å². The summed E-state index contributed by atoms with van der Waals surface area (Å²) < 4.78 is 25.1. The molecule has 0 N–H and O–H groups in total. The van der Waals surface area contributed by atoms with Crippen molar-refractivity contribution in [3.8, 4) is 10.6 Å². The fourth-order valence-electron chi connectivity index (χ4n) is 1.74. The van der Waals surface area contributed by atoms with Crippen LogP contribution < -0.4 is 0 Å². The first-order chi connectivity index (χ1) is 9.45. The number of sulfone groups is 1. The van der Waals surface area contributed by atoms with Crippen molar-refractivity contribution in [3.05, 3.63) is 34.2 Å². The zero-order chi connectivity index (χ0) is 14.3. The average molecular weight is 417 g/mol. The van der Waals surface area contributed by atoms with Gasteiger partial charge in [-0.15, -0.1) is 11.3 Å². The predicted molar refractivity (Wildman–Crippen MR) is 86.5 cm³/mol. The van der Waals surface area contributed by atoms with E-state index in [1.807, 2.05) is 24.3 Å². The third-order valence-corrected chi connectivity index (χ3v) is 5.49. The lowest BCUT2D eigenvalue weighted by atomic mass is 10.2. The highest BCUT2D eigenvalue weighted by atomic mass is 127. The van der Waals surface area contributed by atoms with Crippen LogP contribution in [0.3, 0.4) is 0 Å². The molecule has 2 heterocycles. The Bertz CT molecular complexity index is 906. The van der Waals surface area contributed by atoms with Crippen LogP contribution in [0.25, 0.3) is 20.9 Å². The number of halogens is 1. The van der Waals surface area contributed by atoms with Crippen molar-refractivity contribution in [2.75, 3.05) is 6.26 Å². The number of rotatable bonds is 2. The summed E-state index contributed by atoms with van der Waals surface area (Å²) in [6.45, 7) is 0. The minimum absolute atomic E-state index is 0.0388. The molecule has 0 aliphatic carbocycles. The van der Waals surface area contributed by atoms with Gasteiger partial charge >= 0.3 is 0 Å². The Labute approximate surface area is 133 Å². The average Bonchev–Trinajstić information content (AvgIpc) is 2.81. The fraction of sp³-hybridized carbons (Fsp3) is 0.0833. The number of fused-ring (bicyclic) bond motifs is 1. The molecule has 0 radical (unpaired) electrons. The molecule has 0 fully saturated rings. The SMILES string of the molecule is CS(=O)(=O)c1ncnc2nc(-c3cccc(I)c3)sc12. The number of thiazole rings is 1. The topological polar surface area (TPSA) is 72.8 Å². The van der Waals surface area contributed by atoms with Gasteiger partial charge in [0.2, 0.25) is 0 Å². The van der Waals surface area contributed by atoms with E-state index in [1.54, 1.807) is 0 Å². The summed E-state index contributed by atoms with van der Waals surface area (Å²) in [4.78, 5) is 12.3. The second-order valence-corrected chi connectivity index (χ2v) is 8.31. The molecule has 102 valence electrons. The second kappa shape index (κ2) is 5.01. The fourth-order valence-corrected chi connectivity index (χ4v) is 4.43. The normalized spacial score (nSPS) is 11.9. The minimum atomic E-state index is -3.39. The molecule has 3 aromatic rings. The van der Waals surface area contributed by atoms with E-state index in [2.05, 4.69) is 37.5 Å². The van der Waals surface area contributed by atoms with Crippen LogP contribution in [0.15, 0.2) is 35.6 Å². The Kier molecular flexibility index (Phi) is 3.46. The third kappa shape index (κ3) is 2.54. The Balaban J connectivity index is 2.26. The van der Waals surface area contributed by atoms with E-state index in [-0.39, 0.29) is 5.03 Å². The van der Waals surface area contributed by atoms with Crippen LogP contribution >= 0.6 is 33.9 Å². The number of aromatic nitrogens is 3. The van der Waals surface area contributed by atoms with Gasteiger partial charge in [-0.2, -0.15) is 0 Å². The molecule has 0 atom stereocenters. The molecule has 0 bridgehead atoms. The quantitative estimate of drug-likeness (QED) is 0.474. The van der Waals surface area contributed by atoms with Gasteiger partial charge < -0.3 is 0 Å². The molecule has 3 rings (SSSR count). The predicted octanol–water partition coefficient (Wildman–Crippen LogP) is 2.76. The first-order valence-electron chi connectivity index (χ1n) is 5.53. The van der Waals surface area contributed by atoms with E-state index in [4.69, 9.17) is 0 Å². The molecule has 0 aliphatic rings. The maximum Gasteiger partial charge on any atom is 0.194 e. The molecule has 0 amide bonds. The number of benzene rings is 1. The summed E-state index contributed by atoms with van der Waals surface area (Å²) in [7, 11) is -3.39. The molecular weight excluding hydrogens is 409 g/mol. The van der Waals surface area contributed by atoms with Crippen LogP contribution in [0.1, 0.15) is 0 Å². The second-order valence-electron chi connectivity index (χ2n) is 4.13. The van der Waals surface area contributed by atoms with Crippen molar-refractivity contribution < 1.29 is 8.42 Å². The van der Waals surface area contributed by atoms with Gasteiger partial charge in [-0.1, -0.05) is 12.1 Å². The molecule has 0 aliphatic heterocycles. The summed E-state index contributed by atoms with van der Waals surface area (Å²) in [6, 6.07) is 7.85. The van der Waals surface area contributed by atoms with E-state index >= 15 is 0 Å². The zero-order valence-corrected chi connectivity index (χ0v) is 14.0. The Morgan fingerprint density at radius 2 is 2.05 bits per heavy atom. The smallest absolute Gasteiger partial charge is 0.194 e. The van der Waals surface area contributed by atoms with Gasteiger partial charge in [-0.3, -0.25) is 0 Å². The first-order valence-corrected chi connectivity index (χ1v) is 9.31. The zero-order valence-electron chi connectivity index (χ0n) is 10.2. The molecule has 20 heavy (non-hydrogen) atoms. The van der Waals surface area contributed by atoms with Crippen LogP contribution in [-0.4, -0.2) is 29.6 Å². The lowest BCUT2D eigenvalue weighted by Crippen LogP contribution is -2.00. The molecule has 0 unspecified atom stereocenters. The molecule has 0 spiro atoms. The number of hydrogen-bond acceptors (Lipinski definition) is 6. The Morgan fingerprint density at radius 3 is 2.75 bits per heavy atom. The highest BCUT2D eigenvalue weighted by molar-refractivity contribution is 14.1. The molecule has 1 aromatic carbocycles. The summed E-state index contributed by atoms with van der Waals surface area (Å²) in [5.74, 6) is 0. The summed E-state index contributed by atoms with van der Waals surface area (Å²) >= 11 is 3.52.